The number of carbonyl (C=O) groups is 2. The van der Waals surface area contributed by atoms with Gasteiger partial charge in [-0.1, -0.05) is 74.5 Å². The van der Waals surface area contributed by atoms with Crippen molar-refractivity contribution in [2.75, 3.05) is 6.61 Å². The first-order chi connectivity index (χ1) is 15.0. The van der Waals surface area contributed by atoms with Gasteiger partial charge < -0.3 is 4.74 Å². The first kappa shape index (κ1) is 21.2. The van der Waals surface area contributed by atoms with E-state index in [4.69, 9.17) is 9.73 Å². The zero-order valence-electron chi connectivity index (χ0n) is 18.4. The van der Waals surface area contributed by atoms with Gasteiger partial charge in [0, 0.05) is 29.3 Å². The average molecular weight is 416 g/mol. The molecule has 160 valence electrons. The molecular weight excluding hydrogens is 386 g/mol. The summed E-state index contributed by atoms with van der Waals surface area (Å²) in [6.07, 6.45) is 1.15. The van der Waals surface area contributed by atoms with E-state index in [-0.39, 0.29) is 29.5 Å². The molecule has 3 atom stereocenters. The number of carbonyl (C=O) groups excluding carboxylic acids is 2. The zero-order valence-corrected chi connectivity index (χ0v) is 18.4. The van der Waals surface area contributed by atoms with E-state index in [9.17, 15) is 9.59 Å². The highest BCUT2D eigenvalue weighted by Crippen LogP contribution is 2.46. The molecule has 2 aromatic carbocycles. The number of rotatable bonds is 5. The number of hydrogen-bond acceptors (Lipinski definition) is 4. The highest BCUT2D eigenvalue weighted by atomic mass is 16.5. The Morgan fingerprint density at radius 2 is 1.61 bits per heavy atom. The highest BCUT2D eigenvalue weighted by molar-refractivity contribution is 6.09. The van der Waals surface area contributed by atoms with Crippen LogP contribution in [0.25, 0.3) is 0 Å². The normalized spacial score (nSPS) is 23.4. The monoisotopic (exact) mass is 415 g/mol. The third-order valence-corrected chi connectivity index (χ3v) is 6.13. The predicted octanol–water partition coefficient (Wildman–Crippen LogP) is 5.46. The van der Waals surface area contributed by atoms with Crippen LogP contribution in [0.15, 0.2) is 76.9 Å². The summed E-state index contributed by atoms with van der Waals surface area (Å²) >= 11 is 0. The molecule has 4 nitrogen and oxygen atoms in total. The fourth-order valence-corrected chi connectivity index (χ4v) is 4.68. The van der Waals surface area contributed by atoms with Crippen LogP contribution in [0.5, 0.6) is 0 Å². The highest BCUT2D eigenvalue weighted by Gasteiger charge is 2.44. The van der Waals surface area contributed by atoms with Crippen molar-refractivity contribution in [1.29, 1.82) is 0 Å². The quantitative estimate of drug-likeness (QED) is 0.609. The number of aliphatic imine (C=N–C) groups is 1. The molecule has 0 spiro atoms. The lowest BCUT2D eigenvalue weighted by molar-refractivity contribution is -0.147. The van der Waals surface area contributed by atoms with Gasteiger partial charge in [-0.3, -0.25) is 14.6 Å². The van der Waals surface area contributed by atoms with Gasteiger partial charge in [-0.25, -0.2) is 0 Å². The molecule has 0 fully saturated rings. The first-order valence-corrected chi connectivity index (χ1v) is 11.0. The van der Waals surface area contributed by atoms with Crippen LogP contribution in [0.4, 0.5) is 0 Å². The van der Waals surface area contributed by atoms with Crippen molar-refractivity contribution in [3.05, 3.63) is 83.1 Å². The van der Waals surface area contributed by atoms with Gasteiger partial charge in [0.15, 0.2) is 5.78 Å². The van der Waals surface area contributed by atoms with Gasteiger partial charge >= 0.3 is 5.97 Å². The van der Waals surface area contributed by atoms with Crippen molar-refractivity contribution < 1.29 is 14.3 Å². The Labute approximate surface area is 184 Å². The number of benzene rings is 2. The largest absolute Gasteiger partial charge is 0.465 e. The molecule has 0 aromatic heterocycles. The second-order valence-electron chi connectivity index (χ2n) is 8.94. The van der Waals surface area contributed by atoms with Crippen molar-refractivity contribution in [1.82, 2.24) is 0 Å². The summed E-state index contributed by atoms with van der Waals surface area (Å²) in [7, 11) is 0. The zero-order chi connectivity index (χ0) is 22.0. The molecular formula is C27H29NO3. The Hall–Kier alpha value is -3.01. The fourth-order valence-electron chi connectivity index (χ4n) is 4.68. The lowest BCUT2D eigenvalue weighted by Crippen LogP contribution is -2.38. The summed E-state index contributed by atoms with van der Waals surface area (Å²) in [6.45, 7) is 6.27. The molecule has 1 aliphatic carbocycles. The van der Waals surface area contributed by atoms with Gasteiger partial charge in [0.25, 0.3) is 0 Å². The standard InChI is InChI=1S/C27H29NO3/c1-17(2)16-31-27(30)24-18(3)28-22-14-21(19-10-6-4-7-11-19)15-23(29)26(22)25(24)20-12-8-5-9-13-20/h4-13,17,21,24-25H,14-16H2,1-3H3/t21-,24?,25+/m0/s1. The Balaban J connectivity index is 1.75. The summed E-state index contributed by atoms with van der Waals surface area (Å²) in [6, 6.07) is 20.0. The number of allylic oxidation sites excluding steroid dienone is 2. The minimum atomic E-state index is -0.572. The van der Waals surface area contributed by atoms with Gasteiger partial charge in [0.05, 0.1) is 6.61 Å². The van der Waals surface area contributed by atoms with Crippen molar-refractivity contribution in [2.45, 2.75) is 45.4 Å². The summed E-state index contributed by atoms with van der Waals surface area (Å²) in [4.78, 5) is 31.4. The molecule has 2 aliphatic rings. The average Bonchev–Trinajstić information content (AvgIpc) is 2.77. The van der Waals surface area contributed by atoms with Crippen LogP contribution in [-0.4, -0.2) is 24.1 Å². The van der Waals surface area contributed by atoms with Gasteiger partial charge in [0.1, 0.15) is 5.92 Å². The number of Topliss-reactive ketones (excluding diaryl/α,β-unsaturated/α-hetero) is 1. The Morgan fingerprint density at radius 1 is 1.00 bits per heavy atom. The topological polar surface area (TPSA) is 55.7 Å². The number of ketones is 1. The van der Waals surface area contributed by atoms with E-state index < -0.39 is 5.92 Å². The molecule has 1 unspecified atom stereocenters. The van der Waals surface area contributed by atoms with Crippen LogP contribution in [0.1, 0.15) is 56.6 Å². The van der Waals surface area contributed by atoms with Crippen LogP contribution in [-0.2, 0) is 14.3 Å². The molecule has 0 radical (unpaired) electrons. The molecule has 1 heterocycles. The molecule has 0 saturated heterocycles. The number of hydrogen-bond donors (Lipinski definition) is 0. The molecule has 4 heteroatoms. The minimum absolute atomic E-state index is 0.0851. The maximum Gasteiger partial charge on any atom is 0.315 e. The molecule has 0 amide bonds. The lowest BCUT2D eigenvalue weighted by atomic mass is 9.69. The second kappa shape index (κ2) is 9.01. The Morgan fingerprint density at radius 3 is 2.23 bits per heavy atom. The van der Waals surface area contributed by atoms with Gasteiger partial charge in [-0.05, 0) is 36.3 Å². The van der Waals surface area contributed by atoms with E-state index in [0.717, 1.165) is 22.5 Å². The van der Waals surface area contributed by atoms with Crippen LogP contribution < -0.4 is 0 Å². The molecule has 2 aromatic rings. The van der Waals surface area contributed by atoms with E-state index >= 15 is 0 Å². The predicted molar refractivity (Wildman–Crippen MR) is 122 cm³/mol. The summed E-state index contributed by atoms with van der Waals surface area (Å²) in [5.41, 5.74) is 4.36. The Kier molecular flexibility index (Phi) is 6.17. The van der Waals surface area contributed by atoms with E-state index in [0.29, 0.717) is 25.0 Å². The third kappa shape index (κ3) is 4.39. The van der Waals surface area contributed by atoms with Crippen molar-refractivity contribution in [2.24, 2.45) is 16.8 Å². The smallest absolute Gasteiger partial charge is 0.315 e. The Bertz CT molecular complexity index is 1020. The molecule has 4 rings (SSSR count). The molecule has 0 bridgehead atoms. The number of ether oxygens (including phenoxy) is 1. The van der Waals surface area contributed by atoms with Crippen LogP contribution in [0.3, 0.4) is 0 Å². The fraction of sp³-hybridized carbons (Fsp3) is 0.370. The molecule has 0 N–H and O–H groups in total. The first-order valence-electron chi connectivity index (χ1n) is 11.0. The molecule has 0 saturated carbocycles. The minimum Gasteiger partial charge on any atom is -0.465 e. The molecule has 1 aliphatic heterocycles. The van der Waals surface area contributed by atoms with E-state index in [1.54, 1.807) is 0 Å². The third-order valence-electron chi connectivity index (χ3n) is 6.13. The number of esters is 1. The summed E-state index contributed by atoms with van der Waals surface area (Å²) in [5.74, 6) is -0.771. The van der Waals surface area contributed by atoms with Crippen LogP contribution in [0.2, 0.25) is 0 Å². The van der Waals surface area contributed by atoms with Gasteiger partial charge in [-0.15, -0.1) is 0 Å². The van der Waals surface area contributed by atoms with E-state index in [1.807, 2.05) is 69.3 Å². The van der Waals surface area contributed by atoms with E-state index in [1.165, 1.54) is 0 Å². The van der Waals surface area contributed by atoms with Gasteiger partial charge in [0.2, 0.25) is 0 Å². The lowest BCUT2D eigenvalue weighted by Gasteiger charge is -2.36. The van der Waals surface area contributed by atoms with Crippen LogP contribution in [0, 0.1) is 11.8 Å². The SMILES string of the molecule is CC1=NC2=C(C(=O)C[C@@H](c3ccccc3)C2)[C@H](c2ccccc2)C1C(=O)OCC(C)C. The van der Waals surface area contributed by atoms with Crippen molar-refractivity contribution in [3.8, 4) is 0 Å². The summed E-state index contributed by atoms with van der Waals surface area (Å²) < 4.78 is 5.62. The second-order valence-corrected chi connectivity index (χ2v) is 8.94. The summed E-state index contributed by atoms with van der Waals surface area (Å²) in [5, 5.41) is 0. The number of nitrogens with zero attached hydrogens (tertiary/aromatic N) is 1. The maximum atomic E-state index is 13.5. The molecule has 31 heavy (non-hydrogen) atoms. The maximum absolute atomic E-state index is 13.5. The van der Waals surface area contributed by atoms with Gasteiger partial charge in [-0.2, -0.15) is 0 Å². The van der Waals surface area contributed by atoms with Crippen LogP contribution >= 0.6 is 0 Å². The van der Waals surface area contributed by atoms with Crippen molar-refractivity contribution in [3.63, 3.8) is 0 Å². The van der Waals surface area contributed by atoms with E-state index in [2.05, 4.69) is 12.1 Å². The van der Waals surface area contributed by atoms with Crippen molar-refractivity contribution >= 4 is 17.5 Å².